The minimum absolute atomic E-state index is 0.0512. The van der Waals surface area contributed by atoms with Crippen molar-refractivity contribution in [2.45, 2.75) is 19.5 Å². The van der Waals surface area contributed by atoms with Crippen molar-refractivity contribution in [2.24, 2.45) is 5.92 Å². The van der Waals surface area contributed by atoms with Crippen molar-refractivity contribution in [1.29, 1.82) is 0 Å². The van der Waals surface area contributed by atoms with Gasteiger partial charge in [-0.2, -0.15) is 0 Å². The lowest BCUT2D eigenvalue weighted by Crippen LogP contribution is -2.31. The van der Waals surface area contributed by atoms with Gasteiger partial charge in [0, 0.05) is 37.7 Å². The average Bonchev–Trinajstić information content (AvgIpc) is 3.20. The zero-order chi connectivity index (χ0) is 18.2. The van der Waals surface area contributed by atoms with Crippen LogP contribution in [-0.2, 0) is 17.9 Å². The van der Waals surface area contributed by atoms with Gasteiger partial charge >= 0.3 is 6.03 Å². The number of amides is 3. The Labute approximate surface area is 152 Å². The number of hydrogen-bond donors (Lipinski definition) is 4. The molecule has 1 aromatic carbocycles. The minimum Gasteiger partial charge on any atom is -0.352 e. The lowest BCUT2D eigenvalue weighted by Gasteiger charge is -2.11. The number of benzene rings is 1. The topological polar surface area (TPSA) is 95.2 Å². The summed E-state index contributed by atoms with van der Waals surface area (Å²) in [7, 11) is 0. The molecule has 1 aliphatic rings. The molecule has 0 bridgehead atoms. The lowest BCUT2D eigenvalue weighted by atomic mass is 10.1. The minimum atomic E-state index is -0.278. The Morgan fingerprint density at radius 3 is 2.65 bits per heavy atom. The van der Waals surface area contributed by atoms with Crippen molar-refractivity contribution in [1.82, 2.24) is 20.9 Å². The highest BCUT2D eigenvalue weighted by Gasteiger charge is 2.21. The number of pyridine rings is 1. The fraction of sp³-hybridized carbons (Fsp3) is 0.316. The van der Waals surface area contributed by atoms with E-state index in [0.29, 0.717) is 18.8 Å². The zero-order valence-electron chi connectivity index (χ0n) is 14.5. The molecular formula is C19H23N5O2. The van der Waals surface area contributed by atoms with Crippen LogP contribution in [0.25, 0.3) is 0 Å². The van der Waals surface area contributed by atoms with Crippen LogP contribution in [0.1, 0.15) is 17.5 Å². The third-order valence-corrected chi connectivity index (χ3v) is 4.29. The van der Waals surface area contributed by atoms with E-state index in [-0.39, 0.29) is 17.9 Å². The number of urea groups is 1. The predicted octanol–water partition coefficient (Wildman–Crippen LogP) is 1.63. The van der Waals surface area contributed by atoms with Gasteiger partial charge in [-0.3, -0.25) is 9.78 Å². The van der Waals surface area contributed by atoms with Crippen LogP contribution < -0.4 is 21.3 Å². The summed E-state index contributed by atoms with van der Waals surface area (Å²) < 4.78 is 0. The van der Waals surface area contributed by atoms with E-state index in [4.69, 9.17) is 0 Å². The van der Waals surface area contributed by atoms with Crippen LogP contribution in [0.3, 0.4) is 0 Å². The fourth-order valence-electron chi connectivity index (χ4n) is 2.83. The first-order chi connectivity index (χ1) is 12.7. The maximum Gasteiger partial charge on any atom is 0.319 e. The van der Waals surface area contributed by atoms with Crippen LogP contribution >= 0.6 is 0 Å². The molecule has 136 valence electrons. The van der Waals surface area contributed by atoms with Crippen molar-refractivity contribution < 1.29 is 9.59 Å². The van der Waals surface area contributed by atoms with Gasteiger partial charge in [-0.15, -0.1) is 0 Å². The Balaban J connectivity index is 1.47. The molecule has 1 unspecified atom stereocenters. The average molecular weight is 353 g/mol. The third-order valence-electron chi connectivity index (χ3n) is 4.29. The number of nitrogens with zero attached hydrogens (tertiary/aromatic N) is 1. The molecule has 0 saturated carbocycles. The molecule has 1 aliphatic heterocycles. The molecule has 0 spiro atoms. The Morgan fingerprint density at radius 1 is 1.08 bits per heavy atom. The Hall–Kier alpha value is -2.93. The van der Waals surface area contributed by atoms with Crippen molar-refractivity contribution in [3.63, 3.8) is 0 Å². The van der Waals surface area contributed by atoms with Crippen molar-refractivity contribution >= 4 is 17.6 Å². The van der Waals surface area contributed by atoms with Crippen LogP contribution in [0.15, 0.2) is 48.8 Å². The Morgan fingerprint density at radius 2 is 1.88 bits per heavy atom. The first-order valence-corrected chi connectivity index (χ1v) is 8.72. The Bertz CT molecular complexity index is 745. The SMILES string of the molecule is O=C(NCc1ccncc1)Nc1cccc(CNC(=O)C2CCNC2)c1. The lowest BCUT2D eigenvalue weighted by molar-refractivity contribution is -0.124. The number of aromatic nitrogens is 1. The zero-order valence-corrected chi connectivity index (χ0v) is 14.5. The van der Waals surface area contributed by atoms with Crippen LogP contribution in [0, 0.1) is 5.92 Å². The molecule has 3 rings (SSSR count). The molecule has 0 aliphatic carbocycles. The first-order valence-electron chi connectivity index (χ1n) is 8.72. The smallest absolute Gasteiger partial charge is 0.319 e. The highest BCUT2D eigenvalue weighted by atomic mass is 16.2. The maximum absolute atomic E-state index is 12.1. The van der Waals surface area contributed by atoms with Gasteiger partial charge in [0.1, 0.15) is 0 Å². The van der Waals surface area contributed by atoms with Gasteiger partial charge in [-0.1, -0.05) is 12.1 Å². The molecule has 1 atom stereocenters. The van der Waals surface area contributed by atoms with Crippen molar-refractivity contribution in [3.8, 4) is 0 Å². The standard InChI is InChI=1S/C19H23N5O2/c25-18(16-6-9-21-13-16)22-12-15-2-1-3-17(10-15)24-19(26)23-11-14-4-7-20-8-5-14/h1-5,7-8,10,16,21H,6,9,11-13H2,(H,22,25)(H2,23,24,26). The molecule has 2 aromatic rings. The molecule has 0 radical (unpaired) electrons. The number of carbonyl (C=O) groups is 2. The summed E-state index contributed by atoms with van der Waals surface area (Å²) in [5.74, 6) is 0.124. The highest BCUT2D eigenvalue weighted by molar-refractivity contribution is 5.89. The van der Waals surface area contributed by atoms with Gasteiger partial charge in [0.25, 0.3) is 0 Å². The summed E-state index contributed by atoms with van der Waals surface area (Å²) in [6.45, 7) is 2.51. The predicted molar refractivity (Wildman–Crippen MR) is 99.4 cm³/mol. The van der Waals surface area contributed by atoms with E-state index in [1.807, 2.05) is 36.4 Å². The van der Waals surface area contributed by atoms with E-state index in [9.17, 15) is 9.59 Å². The van der Waals surface area contributed by atoms with Crippen LogP contribution in [0.4, 0.5) is 10.5 Å². The largest absolute Gasteiger partial charge is 0.352 e. The quantitative estimate of drug-likeness (QED) is 0.635. The number of hydrogen-bond acceptors (Lipinski definition) is 4. The molecule has 3 amide bonds. The highest BCUT2D eigenvalue weighted by Crippen LogP contribution is 2.12. The number of nitrogens with one attached hydrogen (secondary N) is 4. The molecule has 7 nitrogen and oxygen atoms in total. The molecule has 1 aromatic heterocycles. The van der Waals surface area contributed by atoms with Gasteiger partial charge in [0.05, 0.1) is 5.92 Å². The second-order valence-electron chi connectivity index (χ2n) is 6.27. The second-order valence-corrected chi connectivity index (χ2v) is 6.27. The summed E-state index contributed by atoms with van der Waals surface area (Å²) in [4.78, 5) is 28.0. The monoisotopic (exact) mass is 353 g/mol. The Kier molecular flexibility index (Phi) is 6.16. The van der Waals surface area contributed by atoms with Crippen LogP contribution in [-0.4, -0.2) is 30.0 Å². The molecule has 26 heavy (non-hydrogen) atoms. The van der Waals surface area contributed by atoms with E-state index in [1.165, 1.54) is 0 Å². The van der Waals surface area contributed by atoms with Crippen LogP contribution in [0.2, 0.25) is 0 Å². The molecule has 1 saturated heterocycles. The summed E-state index contributed by atoms with van der Waals surface area (Å²) in [6, 6.07) is 10.9. The fourth-order valence-corrected chi connectivity index (χ4v) is 2.83. The summed E-state index contributed by atoms with van der Waals surface area (Å²) in [6.07, 6.45) is 4.26. The van der Waals surface area contributed by atoms with E-state index in [2.05, 4.69) is 26.3 Å². The van der Waals surface area contributed by atoms with Crippen LogP contribution in [0.5, 0.6) is 0 Å². The normalized spacial score (nSPS) is 16.1. The van der Waals surface area contributed by atoms with E-state index >= 15 is 0 Å². The molecule has 7 heteroatoms. The molecular weight excluding hydrogens is 330 g/mol. The number of anilines is 1. The van der Waals surface area contributed by atoms with E-state index in [0.717, 1.165) is 30.6 Å². The van der Waals surface area contributed by atoms with Gasteiger partial charge in [-0.25, -0.2) is 4.79 Å². The van der Waals surface area contributed by atoms with Gasteiger partial charge < -0.3 is 21.3 Å². The number of carbonyl (C=O) groups excluding carboxylic acids is 2. The molecule has 1 fully saturated rings. The van der Waals surface area contributed by atoms with Crippen molar-refractivity contribution in [3.05, 3.63) is 59.9 Å². The van der Waals surface area contributed by atoms with Gasteiger partial charge in [-0.05, 0) is 48.4 Å². The van der Waals surface area contributed by atoms with Crippen molar-refractivity contribution in [2.75, 3.05) is 18.4 Å². The molecule has 4 N–H and O–H groups in total. The summed E-state index contributed by atoms with van der Waals surface area (Å²) in [5.41, 5.74) is 2.61. The first kappa shape index (κ1) is 17.9. The second kappa shape index (κ2) is 8.96. The number of rotatable bonds is 6. The summed E-state index contributed by atoms with van der Waals surface area (Å²) in [5, 5.41) is 11.7. The maximum atomic E-state index is 12.1. The summed E-state index contributed by atoms with van der Waals surface area (Å²) >= 11 is 0. The molecule has 2 heterocycles. The van der Waals surface area contributed by atoms with E-state index in [1.54, 1.807) is 12.4 Å². The van der Waals surface area contributed by atoms with Gasteiger partial charge in [0.15, 0.2) is 0 Å². The van der Waals surface area contributed by atoms with E-state index < -0.39 is 0 Å². The third kappa shape index (κ3) is 5.29. The van der Waals surface area contributed by atoms with Gasteiger partial charge in [0.2, 0.25) is 5.91 Å².